The van der Waals surface area contributed by atoms with E-state index in [0.717, 1.165) is 15.2 Å². The molecule has 0 amide bonds. The predicted octanol–water partition coefficient (Wildman–Crippen LogP) is 2.64. The van der Waals surface area contributed by atoms with Crippen LogP contribution in [0.3, 0.4) is 0 Å². The lowest BCUT2D eigenvalue weighted by atomic mass is 9.96. The molecule has 2 rings (SSSR count). The van der Waals surface area contributed by atoms with Crippen molar-refractivity contribution in [3.05, 3.63) is 17.2 Å². The van der Waals surface area contributed by atoms with E-state index < -0.39 is 0 Å². The molecule has 18 heavy (non-hydrogen) atoms. The predicted molar refractivity (Wildman–Crippen MR) is 73.1 cm³/mol. The third-order valence-corrected chi connectivity index (χ3v) is 4.13. The smallest absolute Gasteiger partial charge is 0.215 e. The monoisotopic (exact) mass is 284 g/mol. The van der Waals surface area contributed by atoms with Gasteiger partial charge in [-0.2, -0.15) is 0 Å². The fourth-order valence-electron chi connectivity index (χ4n) is 1.15. The normalized spacial score (nSPS) is 11.8. The zero-order valence-corrected chi connectivity index (χ0v) is 12.2. The minimum absolute atomic E-state index is 0.0604. The molecule has 6 nitrogen and oxygen atoms in total. The van der Waals surface area contributed by atoms with Crippen molar-refractivity contribution < 1.29 is 0 Å². The van der Waals surface area contributed by atoms with Gasteiger partial charge >= 0.3 is 0 Å². The second-order valence-corrected chi connectivity index (χ2v) is 7.00. The molecular weight excluding hydrogens is 270 g/mol. The summed E-state index contributed by atoms with van der Waals surface area (Å²) in [6.45, 7) is 6.20. The maximum absolute atomic E-state index is 11.1. The Balaban J connectivity index is 2.11. The standard InChI is InChI=1S/C10H14N5OS2/c1-10(2,3)7-12-8(14-13-7)18-9-11-5-6(17-9)15(4)16/h5H,1-4H3,(H,12,13,14)/q-1. The number of thiazole rings is 1. The first kappa shape index (κ1) is 13.3. The van der Waals surface area contributed by atoms with Crippen molar-refractivity contribution in [3.8, 4) is 0 Å². The number of aromatic nitrogens is 4. The molecule has 2 aromatic heterocycles. The number of aromatic amines is 1. The molecule has 0 aliphatic rings. The van der Waals surface area contributed by atoms with Crippen molar-refractivity contribution in [1.82, 2.24) is 20.2 Å². The first-order valence-electron chi connectivity index (χ1n) is 5.33. The van der Waals surface area contributed by atoms with Crippen LogP contribution in [0.2, 0.25) is 0 Å². The van der Waals surface area contributed by atoms with Gasteiger partial charge in [0.15, 0.2) is 4.34 Å². The average molecular weight is 284 g/mol. The Morgan fingerprint density at radius 2 is 2.17 bits per heavy atom. The molecule has 0 aliphatic carbocycles. The molecule has 0 aromatic carbocycles. The van der Waals surface area contributed by atoms with Crippen LogP contribution in [0, 0.1) is 5.21 Å². The van der Waals surface area contributed by atoms with Crippen molar-refractivity contribution in [2.24, 2.45) is 0 Å². The maximum atomic E-state index is 11.1. The van der Waals surface area contributed by atoms with Crippen molar-refractivity contribution >= 4 is 28.1 Å². The van der Waals surface area contributed by atoms with E-state index in [1.165, 1.54) is 30.1 Å². The molecular formula is C10H14N5OS2-. The zero-order chi connectivity index (χ0) is 13.3. The third-order valence-electron chi connectivity index (χ3n) is 2.14. The summed E-state index contributed by atoms with van der Waals surface area (Å²) in [6, 6.07) is 0. The molecule has 2 aromatic rings. The fourth-order valence-corrected chi connectivity index (χ4v) is 2.80. The molecule has 98 valence electrons. The summed E-state index contributed by atoms with van der Waals surface area (Å²) in [4.78, 5) is 8.55. The van der Waals surface area contributed by atoms with Crippen LogP contribution in [0.4, 0.5) is 5.00 Å². The van der Waals surface area contributed by atoms with Crippen molar-refractivity contribution in [1.29, 1.82) is 0 Å². The summed E-state index contributed by atoms with van der Waals surface area (Å²) in [5.41, 5.74) is -0.0604. The van der Waals surface area contributed by atoms with Crippen LogP contribution in [0.5, 0.6) is 0 Å². The largest absolute Gasteiger partial charge is 0.758 e. The molecule has 8 heteroatoms. The van der Waals surface area contributed by atoms with Gasteiger partial charge in [0.2, 0.25) is 5.16 Å². The highest BCUT2D eigenvalue weighted by molar-refractivity contribution is 8.00. The third kappa shape index (κ3) is 3.01. The number of rotatable bonds is 3. The van der Waals surface area contributed by atoms with Crippen LogP contribution in [-0.2, 0) is 5.41 Å². The minimum Gasteiger partial charge on any atom is -0.758 e. The number of nitrogens with zero attached hydrogens (tertiary/aromatic N) is 4. The number of hydrogen-bond acceptors (Lipinski definition) is 7. The molecule has 0 bridgehead atoms. The molecule has 1 N–H and O–H groups in total. The summed E-state index contributed by atoms with van der Waals surface area (Å²) < 4.78 is 0.757. The summed E-state index contributed by atoms with van der Waals surface area (Å²) >= 11 is 2.68. The van der Waals surface area contributed by atoms with Gasteiger partial charge in [0.05, 0.1) is 6.20 Å². The lowest BCUT2D eigenvalue weighted by Gasteiger charge is -2.20. The van der Waals surface area contributed by atoms with Gasteiger partial charge in [-0.05, 0) is 18.8 Å². The SMILES string of the molecule is CN([O-])c1cnc(Sc2n[nH]c(C(C)(C)C)n2)s1. The first-order valence-corrected chi connectivity index (χ1v) is 6.97. The van der Waals surface area contributed by atoms with Gasteiger partial charge < -0.3 is 10.3 Å². The molecule has 0 fully saturated rings. The highest BCUT2D eigenvalue weighted by Crippen LogP contribution is 2.33. The summed E-state index contributed by atoms with van der Waals surface area (Å²) in [5.74, 6) is 0.836. The van der Waals surface area contributed by atoms with Gasteiger partial charge in [0.1, 0.15) is 10.8 Å². The van der Waals surface area contributed by atoms with Crippen molar-refractivity contribution in [3.63, 3.8) is 0 Å². The fraction of sp³-hybridized carbons (Fsp3) is 0.500. The molecule has 0 atom stereocenters. The highest BCUT2D eigenvalue weighted by Gasteiger charge is 2.19. The number of H-pyrrole nitrogens is 1. The van der Waals surface area contributed by atoms with Gasteiger partial charge in [-0.15, -0.1) is 5.10 Å². The van der Waals surface area contributed by atoms with E-state index in [2.05, 4.69) is 40.9 Å². The molecule has 0 saturated heterocycles. The van der Waals surface area contributed by atoms with E-state index in [-0.39, 0.29) is 5.41 Å². The molecule has 0 aliphatic heterocycles. The van der Waals surface area contributed by atoms with Crippen molar-refractivity contribution in [2.75, 3.05) is 12.1 Å². The van der Waals surface area contributed by atoms with E-state index in [1.807, 2.05) is 0 Å². The number of hydrogen-bond donors (Lipinski definition) is 1. The van der Waals surface area contributed by atoms with Gasteiger partial charge in [-0.3, -0.25) is 5.10 Å². The Bertz CT molecular complexity index is 528. The van der Waals surface area contributed by atoms with E-state index in [0.29, 0.717) is 10.2 Å². The number of hydroxylamine groups is 1. The Kier molecular flexibility index (Phi) is 3.60. The molecule has 0 radical (unpaired) electrons. The Labute approximate surface area is 113 Å². The van der Waals surface area contributed by atoms with Crippen LogP contribution in [0.25, 0.3) is 0 Å². The van der Waals surface area contributed by atoms with Crippen LogP contribution in [0.15, 0.2) is 15.7 Å². The van der Waals surface area contributed by atoms with E-state index in [1.54, 1.807) is 6.20 Å². The molecule has 0 saturated carbocycles. The average Bonchev–Trinajstić information content (AvgIpc) is 2.85. The molecule has 0 spiro atoms. The summed E-state index contributed by atoms with van der Waals surface area (Å²) in [6.07, 6.45) is 1.55. The topological polar surface area (TPSA) is 80.8 Å². The zero-order valence-electron chi connectivity index (χ0n) is 10.6. The lowest BCUT2D eigenvalue weighted by molar-refractivity contribution is 0.547. The summed E-state index contributed by atoms with van der Waals surface area (Å²) in [5, 5.41) is 20.1. The second kappa shape index (κ2) is 4.87. The maximum Gasteiger partial charge on any atom is 0.215 e. The highest BCUT2D eigenvalue weighted by atomic mass is 32.2. The van der Waals surface area contributed by atoms with Crippen LogP contribution in [-0.4, -0.2) is 27.2 Å². The Morgan fingerprint density at radius 3 is 2.67 bits per heavy atom. The minimum atomic E-state index is -0.0604. The lowest BCUT2D eigenvalue weighted by Crippen LogP contribution is -2.13. The van der Waals surface area contributed by atoms with Gasteiger partial charge in [-0.1, -0.05) is 32.1 Å². The van der Waals surface area contributed by atoms with Gasteiger partial charge in [-0.25, -0.2) is 9.97 Å². The van der Waals surface area contributed by atoms with Gasteiger partial charge in [0.25, 0.3) is 0 Å². The van der Waals surface area contributed by atoms with E-state index in [9.17, 15) is 5.21 Å². The second-order valence-electron chi connectivity index (χ2n) is 4.78. The first-order chi connectivity index (χ1) is 8.36. The quantitative estimate of drug-likeness (QED) is 0.873. The molecule has 0 unspecified atom stereocenters. The Hall–Kier alpha value is -1.12. The van der Waals surface area contributed by atoms with E-state index >= 15 is 0 Å². The van der Waals surface area contributed by atoms with Gasteiger partial charge in [0, 0.05) is 5.41 Å². The molecule has 2 heterocycles. The Morgan fingerprint density at radius 1 is 1.44 bits per heavy atom. The van der Waals surface area contributed by atoms with E-state index in [4.69, 9.17) is 0 Å². The van der Waals surface area contributed by atoms with Crippen LogP contribution in [0.1, 0.15) is 26.6 Å². The summed E-state index contributed by atoms with van der Waals surface area (Å²) in [7, 11) is 1.45. The number of nitrogens with one attached hydrogen (secondary N) is 1. The number of anilines is 1. The van der Waals surface area contributed by atoms with Crippen LogP contribution >= 0.6 is 23.1 Å². The van der Waals surface area contributed by atoms with Crippen LogP contribution < -0.4 is 5.06 Å². The van der Waals surface area contributed by atoms with Crippen molar-refractivity contribution in [2.45, 2.75) is 35.7 Å².